The molecule has 0 fully saturated rings. The molecular formula is C11H19ClN4O. The molecule has 17 heavy (non-hydrogen) atoms. The number of nitrogens with zero attached hydrogens (tertiary/aromatic N) is 2. The van der Waals surface area contributed by atoms with Crippen LogP contribution in [0.2, 0.25) is 5.28 Å². The minimum absolute atomic E-state index is 0.0212. The minimum atomic E-state index is -0.0212. The first-order chi connectivity index (χ1) is 7.84. The van der Waals surface area contributed by atoms with Gasteiger partial charge in [-0.1, -0.05) is 20.8 Å². The number of nitrogens with two attached hydrogens (primary N) is 1. The van der Waals surface area contributed by atoms with Crippen molar-refractivity contribution in [3.63, 3.8) is 0 Å². The van der Waals surface area contributed by atoms with Crippen molar-refractivity contribution in [1.82, 2.24) is 9.97 Å². The molecular weight excluding hydrogens is 240 g/mol. The monoisotopic (exact) mass is 258 g/mol. The van der Waals surface area contributed by atoms with Gasteiger partial charge in [0, 0.05) is 12.6 Å². The highest BCUT2D eigenvalue weighted by atomic mass is 35.5. The fraction of sp³-hybridized carbons (Fsp3) is 0.636. The van der Waals surface area contributed by atoms with E-state index in [9.17, 15) is 0 Å². The van der Waals surface area contributed by atoms with Crippen molar-refractivity contribution in [2.45, 2.75) is 33.2 Å². The first-order valence-electron chi connectivity index (χ1n) is 5.50. The molecule has 0 spiro atoms. The molecule has 1 aromatic rings. The molecule has 6 heteroatoms. The van der Waals surface area contributed by atoms with Gasteiger partial charge < -0.3 is 16.2 Å². The van der Waals surface area contributed by atoms with E-state index in [4.69, 9.17) is 22.4 Å². The van der Waals surface area contributed by atoms with Crippen molar-refractivity contribution < 1.29 is 5.11 Å². The number of rotatable bonds is 4. The number of aromatic nitrogens is 2. The van der Waals surface area contributed by atoms with Gasteiger partial charge >= 0.3 is 0 Å². The largest absolute Gasteiger partial charge is 0.396 e. The Bertz CT molecular complexity index is 378. The van der Waals surface area contributed by atoms with E-state index < -0.39 is 0 Å². The Morgan fingerprint density at radius 1 is 1.53 bits per heavy atom. The van der Waals surface area contributed by atoms with Gasteiger partial charge in [-0.05, 0) is 23.4 Å². The average Bonchev–Trinajstić information content (AvgIpc) is 2.21. The second kappa shape index (κ2) is 5.51. The highest BCUT2D eigenvalue weighted by Gasteiger charge is 2.25. The van der Waals surface area contributed by atoms with Crippen molar-refractivity contribution in [2.24, 2.45) is 5.41 Å². The molecule has 0 aromatic carbocycles. The second-order valence-corrected chi connectivity index (χ2v) is 5.36. The quantitative estimate of drug-likeness (QED) is 0.719. The third-order valence-electron chi connectivity index (χ3n) is 2.56. The fourth-order valence-corrected chi connectivity index (χ4v) is 1.63. The lowest BCUT2D eigenvalue weighted by Gasteiger charge is -2.31. The maximum absolute atomic E-state index is 9.07. The number of anilines is 2. The van der Waals surface area contributed by atoms with Crippen molar-refractivity contribution in [3.8, 4) is 0 Å². The molecule has 1 unspecified atom stereocenters. The van der Waals surface area contributed by atoms with Gasteiger partial charge in [-0.15, -0.1) is 0 Å². The molecule has 0 aliphatic carbocycles. The topological polar surface area (TPSA) is 84.1 Å². The molecule has 0 saturated heterocycles. The van der Waals surface area contributed by atoms with Gasteiger partial charge in [0.15, 0.2) is 5.82 Å². The van der Waals surface area contributed by atoms with Crippen LogP contribution in [-0.2, 0) is 0 Å². The van der Waals surface area contributed by atoms with E-state index in [1.807, 2.05) is 0 Å². The summed E-state index contributed by atoms with van der Waals surface area (Å²) in [5, 5.41) is 12.4. The lowest BCUT2D eigenvalue weighted by Crippen LogP contribution is -2.35. The number of aliphatic hydroxyl groups excluding tert-OH is 1. The number of hydrogen-bond acceptors (Lipinski definition) is 5. The normalized spacial score (nSPS) is 13.5. The third kappa shape index (κ3) is 4.02. The van der Waals surface area contributed by atoms with E-state index in [1.165, 1.54) is 6.20 Å². The zero-order valence-electron chi connectivity index (χ0n) is 10.4. The summed E-state index contributed by atoms with van der Waals surface area (Å²) in [6.45, 7) is 6.35. The van der Waals surface area contributed by atoms with Crippen LogP contribution in [0.4, 0.5) is 11.5 Å². The summed E-state index contributed by atoms with van der Waals surface area (Å²) >= 11 is 5.72. The zero-order chi connectivity index (χ0) is 13.1. The number of aliphatic hydroxyl groups is 1. The summed E-state index contributed by atoms with van der Waals surface area (Å²) in [6, 6.07) is 0.0563. The van der Waals surface area contributed by atoms with Gasteiger partial charge in [0.05, 0.1) is 11.9 Å². The lowest BCUT2D eigenvalue weighted by atomic mass is 9.85. The molecule has 0 bridgehead atoms. The van der Waals surface area contributed by atoms with Crippen LogP contribution in [0.1, 0.15) is 27.2 Å². The van der Waals surface area contributed by atoms with Gasteiger partial charge in [0.25, 0.3) is 0 Å². The van der Waals surface area contributed by atoms with Gasteiger partial charge in [-0.3, -0.25) is 0 Å². The van der Waals surface area contributed by atoms with Gasteiger partial charge in [-0.25, -0.2) is 4.98 Å². The van der Waals surface area contributed by atoms with Gasteiger partial charge in [0.1, 0.15) is 0 Å². The Kier molecular flexibility index (Phi) is 4.54. The van der Waals surface area contributed by atoms with Crippen LogP contribution in [0.5, 0.6) is 0 Å². The van der Waals surface area contributed by atoms with Crippen molar-refractivity contribution in [1.29, 1.82) is 0 Å². The summed E-state index contributed by atoms with van der Waals surface area (Å²) in [7, 11) is 0. The summed E-state index contributed by atoms with van der Waals surface area (Å²) < 4.78 is 0. The smallest absolute Gasteiger partial charge is 0.224 e. The maximum Gasteiger partial charge on any atom is 0.224 e. The van der Waals surface area contributed by atoms with E-state index in [-0.39, 0.29) is 23.3 Å². The molecule has 0 radical (unpaired) electrons. The molecule has 96 valence electrons. The van der Waals surface area contributed by atoms with E-state index >= 15 is 0 Å². The summed E-state index contributed by atoms with van der Waals surface area (Å²) in [4.78, 5) is 7.84. The molecule has 0 aliphatic rings. The number of nitrogen functional groups attached to an aromatic ring is 1. The van der Waals surface area contributed by atoms with Crippen molar-refractivity contribution in [3.05, 3.63) is 11.5 Å². The Hall–Kier alpha value is -1.07. The summed E-state index contributed by atoms with van der Waals surface area (Å²) in [6.07, 6.45) is 2.08. The maximum atomic E-state index is 9.07. The lowest BCUT2D eigenvalue weighted by molar-refractivity contribution is 0.235. The van der Waals surface area contributed by atoms with Crippen LogP contribution in [0, 0.1) is 5.41 Å². The summed E-state index contributed by atoms with van der Waals surface area (Å²) in [5.41, 5.74) is 6.19. The first-order valence-corrected chi connectivity index (χ1v) is 5.88. The second-order valence-electron chi connectivity index (χ2n) is 5.02. The van der Waals surface area contributed by atoms with Crippen LogP contribution >= 0.6 is 11.6 Å². The highest BCUT2D eigenvalue weighted by Crippen LogP contribution is 2.27. The molecule has 1 aromatic heterocycles. The SMILES string of the molecule is CC(C)(C)C(CCO)Nc1nc(Cl)ncc1N. The first kappa shape index (κ1) is 14.0. The zero-order valence-corrected chi connectivity index (χ0v) is 11.1. The summed E-state index contributed by atoms with van der Waals surface area (Å²) in [5.74, 6) is 0.512. The van der Waals surface area contributed by atoms with E-state index in [0.29, 0.717) is 17.9 Å². The van der Waals surface area contributed by atoms with Crippen molar-refractivity contribution >= 4 is 23.1 Å². The molecule has 0 saturated carbocycles. The highest BCUT2D eigenvalue weighted by molar-refractivity contribution is 6.28. The van der Waals surface area contributed by atoms with Crippen LogP contribution < -0.4 is 11.1 Å². The van der Waals surface area contributed by atoms with Crippen LogP contribution in [0.3, 0.4) is 0 Å². The Morgan fingerprint density at radius 2 is 2.18 bits per heavy atom. The van der Waals surface area contributed by atoms with E-state index in [0.717, 1.165) is 0 Å². The number of hydrogen-bond donors (Lipinski definition) is 3. The Balaban J connectivity index is 2.89. The van der Waals surface area contributed by atoms with E-state index in [1.54, 1.807) is 0 Å². The van der Waals surface area contributed by atoms with Crippen molar-refractivity contribution in [2.75, 3.05) is 17.7 Å². The molecule has 1 atom stereocenters. The molecule has 1 rings (SSSR count). The molecule has 5 nitrogen and oxygen atoms in total. The fourth-order valence-electron chi connectivity index (χ4n) is 1.50. The van der Waals surface area contributed by atoms with E-state index in [2.05, 4.69) is 36.1 Å². The average molecular weight is 259 g/mol. The van der Waals surface area contributed by atoms with Crippen LogP contribution in [0.25, 0.3) is 0 Å². The molecule has 0 aliphatic heterocycles. The minimum Gasteiger partial charge on any atom is -0.396 e. The van der Waals surface area contributed by atoms with Gasteiger partial charge in [-0.2, -0.15) is 4.98 Å². The molecule has 4 N–H and O–H groups in total. The molecule has 1 heterocycles. The number of nitrogens with one attached hydrogen (secondary N) is 1. The Morgan fingerprint density at radius 3 is 2.71 bits per heavy atom. The predicted molar refractivity (Wildman–Crippen MR) is 70.0 cm³/mol. The van der Waals surface area contributed by atoms with Crippen LogP contribution in [0.15, 0.2) is 6.20 Å². The predicted octanol–water partition coefficient (Wildman–Crippen LogP) is 1.92. The molecule has 0 amide bonds. The standard InChI is InChI=1S/C11H19ClN4O/c1-11(2,3)8(4-5-17)15-9-7(13)6-14-10(12)16-9/h6,8,17H,4-5,13H2,1-3H3,(H,14,15,16). The van der Waals surface area contributed by atoms with Gasteiger partial charge in [0.2, 0.25) is 5.28 Å². The van der Waals surface area contributed by atoms with Crippen LogP contribution in [-0.4, -0.2) is 27.7 Å². The Labute approximate surface area is 106 Å². The third-order valence-corrected chi connectivity index (χ3v) is 2.74. The number of halogens is 1.